The minimum atomic E-state index is -0.212. The Balaban J connectivity index is 1.05. The van der Waals surface area contributed by atoms with E-state index in [0.29, 0.717) is 0 Å². The van der Waals surface area contributed by atoms with Crippen LogP contribution in [0.3, 0.4) is 0 Å². The maximum absolute atomic E-state index is 2.53. The minimum Gasteiger partial charge on any atom is -0.309 e. The number of thioether (sulfide) groups is 2. The molecule has 6 aliphatic rings. The summed E-state index contributed by atoms with van der Waals surface area (Å²) < 4.78 is 0. The highest BCUT2D eigenvalue weighted by molar-refractivity contribution is 8.03. The van der Waals surface area contributed by atoms with Crippen molar-refractivity contribution in [1.29, 1.82) is 0 Å². The second-order valence-corrected chi connectivity index (χ2v) is 19.3. The van der Waals surface area contributed by atoms with Gasteiger partial charge in [-0.3, -0.25) is 0 Å². The van der Waals surface area contributed by atoms with Crippen molar-refractivity contribution in [2.75, 3.05) is 9.80 Å². The standard InChI is InChI=1S/C52H42N2S2/c1-51(2)37-29-31(53-39-17-7-11-21-43(39)55-44-22-12-8-18-40(44)53)25-27-35(37)47-33-15-5-6-16-34(33)48-36-28-26-32(30-38(36)52(3,4)50(48)49(47)51)54-41-19-9-13-23-45(41)56-46-24-14-10-20-42(46)54/h5-11,13,15-21,23,25-30H,12,14,22,24H2,1-4H3. The molecule has 56 heavy (non-hydrogen) atoms. The molecule has 2 heterocycles. The van der Waals surface area contributed by atoms with Gasteiger partial charge in [-0.25, -0.2) is 0 Å². The zero-order valence-electron chi connectivity index (χ0n) is 32.2. The average molecular weight is 759 g/mol. The summed E-state index contributed by atoms with van der Waals surface area (Å²) in [5.41, 5.74) is 18.7. The van der Waals surface area contributed by atoms with E-state index in [-0.39, 0.29) is 10.8 Å². The van der Waals surface area contributed by atoms with E-state index < -0.39 is 0 Å². The number of hydrogen-bond acceptors (Lipinski definition) is 4. The van der Waals surface area contributed by atoms with Crippen molar-refractivity contribution < 1.29 is 0 Å². The van der Waals surface area contributed by atoms with Gasteiger partial charge in [0.2, 0.25) is 0 Å². The van der Waals surface area contributed by atoms with Gasteiger partial charge >= 0.3 is 0 Å². The lowest BCUT2D eigenvalue weighted by Crippen LogP contribution is -2.25. The van der Waals surface area contributed by atoms with Crippen LogP contribution in [-0.4, -0.2) is 0 Å². The van der Waals surface area contributed by atoms with Crippen LogP contribution in [0.25, 0.3) is 33.0 Å². The van der Waals surface area contributed by atoms with Crippen molar-refractivity contribution >= 4 is 57.0 Å². The van der Waals surface area contributed by atoms with Gasteiger partial charge in [0.15, 0.2) is 0 Å². The SMILES string of the molecule is CC1(C)c2cc(N3C4=C(CCC=C4)Sc4ccccc43)ccc2-c2c1c1c(c3ccccc23)-c2ccc(N3C4=C(CCC=C4)Sc4ccccc43)cc2C1(C)C. The molecule has 272 valence electrons. The van der Waals surface area contributed by atoms with Crippen LogP contribution in [0.4, 0.5) is 22.7 Å². The first kappa shape index (κ1) is 33.0. The van der Waals surface area contributed by atoms with Crippen LogP contribution >= 0.6 is 23.5 Å². The zero-order chi connectivity index (χ0) is 37.5. The Bertz CT molecular complexity index is 2690. The smallest absolute Gasteiger partial charge is 0.0601 e. The Kier molecular flexibility index (Phi) is 6.89. The summed E-state index contributed by atoms with van der Waals surface area (Å²) >= 11 is 3.90. The lowest BCUT2D eigenvalue weighted by molar-refractivity contribution is 0.602. The van der Waals surface area contributed by atoms with Crippen molar-refractivity contribution in [1.82, 2.24) is 0 Å². The molecule has 0 radical (unpaired) electrons. The molecule has 0 atom stereocenters. The second kappa shape index (κ2) is 11.7. The van der Waals surface area contributed by atoms with Crippen LogP contribution in [0.2, 0.25) is 0 Å². The van der Waals surface area contributed by atoms with Crippen LogP contribution in [-0.2, 0) is 10.8 Å². The number of hydrogen-bond donors (Lipinski definition) is 0. The van der Waals surface area contributed by atoms with Gasteiger partial charge < -0.3 is 9.80 Å². The van der Waals surface area contributed by atoms with Crippen molar-refractivity contribution in [3.8, 4) is 22.3 Å². The fraction of sp³-hybridized carbons (Fsp3) is 0.192. The number of fused-ring (bicyclic) bond motifs is 12. The van der Waals surface area contributed by atoms with Crippen molar-refractivity contribution in [2.45, 2.75) is 74.0 Å². The number of anilines is 4. The van der Waals surface area contributed by atoms with Gasteiger partial charge in [-0.15, -0.1) is 0 Å². The summed E-state index contributed by atoms with van der Waals surface area (Å²) in [6.07, 6.45) is 13.8. The number of rotatable bonds is 2. The molecule has 2 aliphatic heterocycles. The van der Waals surface area contributed by atoms with Crippen LogP contribution in [0.15, 0.2) is 164 Å². The average Bonchev–Trinajstić information content (AvgIpc) is 3.60. The van der Waals surface area contributed by atoms with Crippen LogP contribution < -0.4 is 9.80 Å². The van der Waals surface area contributed by atoms with Crippen LogP contribution in [0.5, 0.6) is 0 Å². The molecular weight excluding hydrogens is 717 g/mol. The van der Waals surface area contributed by atoms with Crippen LogP contribution in [0.1, 0.15) is 75.6 Å². The van der Waals surface area contributed by atoms with Crippen molar-refractivity contribution in [2.24, 2.45) is 0 Å². The number of allylic oxidation sites excluding steroid dienone is 6. The third-order valence-electron chi connectivity index (χ3n) is 13.2. The Morgan fingerprint density at radius 2 is 0.929 bits per heavy atom. The van der Waals surface area contributed by atoms with E-state index in [1.807, 2.05) is 23.5 Å². The van der Waals surface area contributed by atoms with E-state index in [9.17, 15) is 0 Å². The van der Waals surface area contributed by atoms with E-state index in [1.54, 1.807) is 0 Å². The number of benzene rings is 6. The van der Waals surface area contributed by atoms with E-state index >= 15 is 0 Å². The molecule has 0 amide bonds. The minimum absolute atomic E-state index is 0.212. The molecule has 6 aromatic rings. The molecule has 0 saturated heterocycles. The monoisotopic (exact) mass is 758 g/mol. The maximum Gasteiger partial charge on any atom is 0.0601 e. The van der Waals surface area contributed by atoms with Crippen molar-refractivity contribution in [3.63, 3.8) is 0 Å². The molecule has 4 aliphatic carbocycles. The first-order valence-corrected chi connectivity index (χ1v) is 21.8. The molecule has 0 unspecified atom stereocenters. The van der Waals surface area contributed by atoms with Crippen LogP contribution in [0, 0.1) is 0 Å². The topological polar surface area (TPSA) is 6.48 Å². The van der Waals surface area contributed by atoms with Gasteiger partial charge in [0, 0.05) is 41.8 Å². The molecule has 0 fully saturated rings. The molecule has 0 N–H and O–H groups in total. The lowest BCUT2D eigenvalue weighted by Gasteiger charge is -2.36. The molecule has 2 nitrogen and oxygen atoms in total. The highest BCUT2D eigenvalue weighted by atomic mass is 32.2. The predicted octanol–water partition coefficient (Wildman–Crippen LogP) is 15.1. The normalized spacial score (nSPS) is 18.9. The van der Waals surface area contributed by atoms with Gasteiger partial charge in [0.1, 0.15) is 0 Å². The van der Waals surface area contributed by atoms with E-state index in [0.717, 1.165) is 25.7 Å². The van der Waals surface area contributed by atoms with Crippen molar-refractivity contribution in [3.05, 3.63) is 177 Å². The Morgan fingerprint density at radius 1 is 0.500 bits per heavy atom. The molecule has 0 saturated carbocycles. The fourth-order valence-corrected chi connectivity index (χ4v) is 13.1. The molecule has 0 bridgehead atoms. The summed E-state index contributed by atoms with van der Waals surface area (Å²) in [5, 5.41) is 2.72. The Morgan fingerprint density at radius 3 is 1.39 bits per heavy atom. The van der Waals surface area contributed by atoms with Gasteiger partial charge in [0.05, 0.1) is 22.8 Å². The summed E-state index contributed by atoms with van der Waals surface area (Å²) in [4.78, 5) is 10.7. The number of nitrogens with zero attached hydrogens (tertiary/aromatic N) is 2. The maximum atomic E-state index is 2.53. The van der Waals surface area contributed by atoms with E-state index in [4.69, 9.17) is 0 Å². The summed E-state index contributed by atoms with van der Waals surface area (Å²) in [5.74, 6) is 0. The zero-order valence-corrected chi connectivity index (χ0v) is 33.9. The second-order valence-electron chi connectivity index (χ2n) is 17.1. The first-order chi connectivity index (χ1) is 27.3. The fourth-order valence-electron chi connectivity index (χ4n) is 10.7. The first-order valence-electron chi connectivity index (χ1n) is 20.1. The number of para-hydroxylation sites is 2. The third kappa shape index (κ3) is 4.38. The Labute approximate surface area is 338 Å². The molecule has 0 aromatic heterocycles. The molecule has 12 rings (SSSR count). The summed E-state index contributed by atoms with van der Waals surface area (Å²) in [7, 11) is 0. The van der Waals surface area contributed by atoms with E-state index in [1.165, 1.54) is 109 Å². The van der Waals surface area contributed by atoms with Gasteiger partial charge in [-0.05, 0) is 142 Å². The summed E-state index contributed by atoms with van der Waals surface area (Å²) in [6.45, 7) is 9.94. The quantitative estimate of drug-likeness (QED) is 0.173. The molecule has 6 aromatic carbocycles. The largest absolute Gasteiger partial charge is 0.309 e. The molecular formula is C52H42N2S2. The molecule has 4 heteroatoms. The Hall–Kier alpha value is -5.16. The van der Waals surface area contributed by atoms with Gasteiger partial charge in [-0.2, -0.15) is 0 Å². The highest BCUT2D eigenvalue weighted by Crippen LogP contribution is 2.63. The van der Waals surface area contributed by atoms with Gasteiger partial charge in [0.25, 0.3) is 0 Å². The molecule has 0 spiro atoms. The highest BCUT2D eigenvalue weighted by Gasteiger charge is 2.48. The van der Waals surface area contributed by atoms with Gasteiger partial charge in [-0.1, -0.05) is 124 Å². The lowest BCUT2D eigenvalue weighted by atomic mass is 9.71. The third-order valence-corrected chi connectivity index (χ3v) is 15.7. The predicted molar refractivity (Wildman–Crippen MR) is 239 cm³/mol. The van der Waals surface area contributed by atoms with E-state index in [2.05, 4.69) is 171 Å². The summed E-state index contributed by atoms with van der Waals surface area (Å²) in [6, 6.07) is 41.8.